The van der Waals surface area contributed by atoms with Crippen LogP contribution in [0, 0.1) is 0 Å². The Morgan fingerprint density at radius 3 is 1.78 bits per heavy atom. The molecule has 6 aromatic carbocycles. The van der Waals surface area contributed by atoms with Gasteiger partial charge in [-0.25, -0.2) is 0 Å². The summed E-state index contributed by atoms with van der Waals surface area (Å²) in [6, 6.07) is 45.9. The van der Waals surface area contributed by atoms with E-state index < -0.39 is 0 Å². The van der Waals surface area contributed by atoms with Crippen molar-refractivity contribution in [1.29, 1.82) is 0 Å². The van der Waals surface area contributed by atoms with Gasteiger partial charge < -0.3 is 5.32 Å². The molecule has 6 aromatic rings. The lowest BCUT2D eigenvalue weighted by Gasteiger charge is -2.23. The van der Waals surface area contributed by atoms with E-state index in [0.29, 0.717) is 0 Å². The van der Waals surface area contributed by atoms with Gasteiger partial charge in [-0.2, -0.15) is 0 Å². The Hall–Kier alpha value is -4.36. The molecule has 1 N–H and O–H groups in total. The maximum atomic E-state index is 3.77. The largest absolute Gasteiger partial charge is 0.355 e. The molecule has 37 heavy (non-hydrogen) atoms. The zero-order chi connectivity index (χ0) is 25.4. The Bertz CT molecular complexity index is 1730. The highest BCUT2D eigenvalue weighted by Gasteiger charge is 2.18. The molecule has 0 atom stereocenters. The fourth-order valence-electron chi connectivity index (χ4n) is 5.20. The van der Waals surface area contributed by atoms with Crippen LogP contribution in [0.15, 0.2) is 127 Å². The lowest BCUT2D eigenvalue weighted by atomic mass is 9.84. The second-order valence-corrected chi connectivity index (χ2v) is 10.8. The van der Waals surface area contributed by atoms with Crippen LogP contribution in [-0.4, -0.2) is 0 Å². The first kappa shape index (κ1) is 23.1. The third kappa shape index (κ3) is 4.49. The number of hydrogen-bond donors (Lipinski definition) is 1. The van der Waals surface area contributed by atoms with Gasteiger partial charge in [0.2, 0.25) is 0 Å². The highest BCUT2D eigenvalue weighted by atomic mass is 14.9. The van der Waals surface area contributed by atoms with Crippen molar-refractivity contribution >= 4 is 32.9 Å². The molecule has 0 radical (unpaired) electrons. The molecule has 0 saturated heterocycles. The van der Waals surface area contributed by atoms with Gasteiger partial charge in [-0.3, -0.25) is 0 Å². The topological polar surface area (TPSA) is 12.0 Å². The van der Waals surface area contributed by atoms with Crippen LogP contribution in [0.3, 0.4) is 0 Å². The van der Waals surface area contributed by atoms with E-state index in [2.05, 4.69) is 153 Å². The average molecular weight is 478 g/mol. The van der Waals surface area contributed by atoms with Gasteiger partial charge in [-0.1, -0.05) is 124 Å². The molecule has 0 bridgehead atoms. The Morgan fingerprint density at radius 2 is 1.08 bits per heavy atom. The monoisotopic (exact) mass is 477 g/mol. The van der Waals surface area contributed by atoms with Crippen molar-refractivity contribution < 1.29 is 0 Å². The molecule has 0 unspecified atom stereocenters. The number of fused-ring (bicyclic) bond motifs is 2. The summed E-state index contributed by atoms with van der Waals surface area (Å²) < 4.78 is 0. The molecule has 180 valence electrons. The van der Waals surface area contributed by atoms with Crippen LogP contribution in [0.2, 0.25) is 0 Å². The van der Waals surface area contributed by atoms with Crippen LogP contribution in [0.4, 0.5) is 11.4 Å². The molecule has 0 saturated carbocycles. The zero-order valence-corrected chi connectivity index (χ0v) is 21.6. The summed E-state index contributed by atoms with van der Waals surface area (Å²) in [5.41, 5.74) is 8.50. The molecule has 0 spiro atoms. The van der Waals surface area contributed by atoms with E-state index in [9.17, 15) is 0 Å². The fourth-order valence-corrected chi connectivity index (χ4v) is 5.20. The maximum Gasteiger partial charge on any atom is 0.0464 e. The molecule has 0 heterocycles. The van der Waals surface area contributed by atoms with Crippen LogP contribution in [0.5, 0.6) is 0 Å². The van der Waals surface area contributed by atoms with Crippen LogP contribution in [0.1, 0.15) is 26.3 Å². The zero-order valence-electron chi connectivity index (χ0n) is 21.6. The number of hydrogen-bond acceptors (Lipinski definition) is 1. The van der Waals surface area contributed by atoms with Crippen molar-refractivity contribution in [3.05, 3.63) is 133 Å². The van der Waals surface area contributed by atoms with Crippen LogP contribution < -0.4 is 5.32 Å². The molecule has 6 rings (SSSR count). The SMILES string of the molecule is CC(C)(C)c1ccc(Nc2cccc(-c3cccc4ccccc34)c2)c(-c2cccc3ccccc23)c1. The van der Waals surface area contributed by atoms with E-state index in [4.69, 9.17) is 0 Å². The lowest BCUT2D eigenvalue weighted by molar-refractivity contribution is 0.590. The first-order chi connectivity index (χ1) is 18.0. The molecule has 0 aliphatic rings. The number of anilines is 2. The summed E-state index contributed by atoms with van der Waals surface area (Å²) in [4.78, 5) is 0. The van der Waals surface area contributed by atoms with Gasteiger partial charge in [-0.05, 0) is 73.5 Å². The van der Waals surface area contributed by atoms with Gasteiger partial charge in [0, 0.05) is 16.9 Å². The van der Waals surface area contributed by atoms with Gasteiger partial charge in [0.05, 0.1) is 0 Å². The minimum atomic E-state index is 0.0617. The molecule has 0 amide bonds. The second kappa shape index (κ2) is 9.26. The minimum Gasteiger partial charge on any atom is -0.355 e. The predicted octanol–water partition coefficient (Wildman–Crippen LogP) is 10.4. The second-order valence-electron chi connectivity index (χ2n) is 10.8. The number of rotatable bonds is 4. The van der Waals surface area contributed by atoms with E-state index >= 15 is 0 Å². The summed E-state index contributed by atoms with van der Waals surface area (Å²) in [6.07, 6.45) is 0. The average Bonchev–Trinajstić information content (AvgIpc) is 2.92. The van der Waals surface area contributed by atoms with Crippen LogP contribution >= 0.6 is 0 Å². The minimum absolute atomic E-state index is 0.0617. The van der Waals surface area contributed by atoms with Crippen molar-refractivity contribution in [2.75, 3.05) is 5.32 Å². The molecule has 1 nitrogen and oxygen atoms in total. The van der Waals surface area contributed by atoms with Crippen molar-refractivity contribution in [2.24, 2.45) is 0 Å². The summed E-state index contributed by atoms with van der Waals surface area (Å²) in [5.74, 6) is 0. The van der Waals surface area contributed by atoms with Crippen LogP contribution in [0.25, 0.3) is 43.8 Å². The first-order valence-electron chi connectivity index (χ1n) is 13.0. The number of benzene rings is 6. The van der Waals surface area contributed by atoms with Gasteiger partial charge in [0.25, 0.3) is 0 Å². The molecular weight excluding hydrogens is 446 g/mol. The Labute approximate surface area is 219 Å². The Kier molecular flexibility index (Phi) is 5.77. The van der Waals surface area contributed by atoms with E-state index in [1.807, 2.05) is 0 Å². The highest BCUT2D eigenvalue weighted by Crippen LogP contribution is 2.39. The summed E-state index contributed by atoms with van der Waals surface area (Å²) in [7, 11) is 0. The molecule has 0 aromatic heterocycles. The van der Waals surface area contributed by atoms with Gasteiger partial charge in [0.15, 0.2) is 0 Å². The smallest absolute Gasteiger partial charge is 0.0464 e. The van der Waals surface area contributed by atoms with Gasteiger partial charge in [0.1, 0.15) is 0 Å². The molecule has 0 aliphatic carbocycles. The molecule has 0 fully saturated rings. The normalized spacial score (nSPS) is 11.6. The van der Waals surface area contributed by atoms with Gasteiger partial charge in [-0.15, -0.1) is 0 Å². The predicted molar refractivity (Wildman–Crippen MR) is 161 cm³/mol. The summed E-state index contributed by atoms with van der Waals surface area (Å²) >= 11 is 0. The van der Waals surface area contributed by atoms with E-state index in [0.717, 1.165) is 11.4 Å². The third-order valence-electron chi connectivity index (χ3n) is 7.21. The quantitative estimate of drug-likeness (QED) is 0.266. The fraction of sp³-hybridized carbons (Fsp3) is 0.111. The maximum absolute atomic E-state index is 3.77. The number of nitrogens with one attached hydrogen (secondary N) is 1. The molecular formula is C36H31N. The lowest BCUT2D eigenvalue weighted by Crippen LogP contribution is -2.11. The van der Waals surface area contributed by atoms with Crippen molar-refractivity contribution in [3.8, 4) is 22.3 Å². The van der Waals surface area contributed by atoms with Crippen molar-refractivity contribution in [2.45, 2.75) is 26.2 Å². The molecule has 0 aliphatic heterocycles. The van der Waals surface area contributed by atoms with E-state index in [-0.39, 0.29) is 5.41 Å². The van der Waals surface area contributed by atoms with Gasteiger partial charge >= 0.3 is 0 Å². The van der Waals surface area contributed by atoms with Crippen molar-refractivity contribution in [3.63, 3.8) is 0 Å². The Balaban J connectivity index is 1.47. The molecule has 1 heteroatoms. The highest BCUT2D eigenvalue weighted by molar-refractivity contribution is 6.01. The summed E-state index contributed by atoms with van der Waals surface area (Å²) in [5, 5.41) is 8.82. The Morgan fingerprint density at radius 1 is 0.486 bits per heavy atom. The van der Waals surface area contributed by atoms with Crippen LogP contribution in [-0.2, 0) is 5.41 Å². The van der Waals surface area contributed by atoms with E-state index in [1.165, 1.54) is 49.4 Å². The van der Waals surface area contributed by atoms with Crippen molar-refractivity contribution in [1.82, 2.24) is 0 Å². The standard InChI is InChI=1S/C36H31N/c1-36(2,3)28-21-22-35(34(24-28)33-20-10-14-26-12-5-7-18-31(26)33)37-29-16-8-15-27(23-29)32-19-9-13-25-11-4-6-17-30(25)32/h4-24,37H,1-3H3. The first-order valence-corrected chi connectivity index (χ1v) is 13.0. The third-order valence-corrected chi connectivity index (χ3v) is 7.21. The van der Waals surface area contributed by atoms with E-state index in [1.54, 1.807) is 0 Å². The summed E-state index contributed by atoms with van der Waals surface area (Å²) in [6.45, 7) is 6.82.